The van der Waals surface area contributed by atoms with Crippen molar-refractivity contribution >= 4 is 27.0 Å². The Morgan fingerprint density at radius 1 is 1.34 bits per heavy atom. The molecule has 2 aromatic rings. The van der Waals surface area contributed by atoms with E-state index in [1.54, 1.807) is 17.4 Å². The molecule has 1 aliphatic heterocycles. The third kappa shape index (κ3) is 5.08. The van der Waals surface area contributed by atoms with E-state index in [0.29, 0.717) is 37.6 Å². The maximum absolute atomic E-state index is 13.5. The minimum atomic E-state index is -3.14. The molecule has 1 aromatic heterocycles. The standard InChI is InChI=1S/C20H29FN4O3S/c1-4-11-29(26,27)25-9-7-16(8-10-25)24-20(22-3)23-13-19-14(2)17-12-15(21)5-6-18(17)28-19/h5-6,12,16H,4,7-11,13H2,1-3H3,(H2,22,23,24). The molecule has 2 heterocycles. The second-order valence-electron chi connectivity index (χ2n) is 7.35. The van der Waals surface area contributed by atoms with E-state index >= 15 is 0 Å². The highest BCUT2D eigenvalue weighted by atomic mass is 32.2. The van der Waals surface area contributed by atoms with Crippen LogP contribution in [-0.4, -0.2) is 50.6 Å². The summed E-state index contributed by atoms with van der Waals surface area (Å²) >= 11 is 0. The van der Waals surface area contributed by atoms with Crippen LogP contribution < -0.4 is 10.6 Å². The van der Waals surface area contributed by atoms with Crippen molar-refractivity contribution in [2.24, 2.45) is 4.99 Å². The molecule has 160 valence electrons. The van der Waals surface area contributed by atoms with E-state index in [9.17, 15) is 12.8 Å². The maximum Gasteiger partial charge on any atom is 0.214 e. The summed E-state index contributed by atoms with van der Waals surface area (Å²) in [5.74, 6) is 1.28. The van der Waals surface area contributed by atoms with Crippen molar-refractivity contribution < 1.29 is 17.2 Å². The molecule has 3 rings (SSSR count). The van der Waals surface area contributed by atoms with Gasteiger partial charge in [0.05, 0.1) is 12.3 Å². The van der Waals surface area contributed by atoms with Gasteiger partial charge in [0.2, 0.25) is 10.0 Å². The average Bonchev–Trinajstić information content (AvgIpc) is 3.01. The summed E-state index contributed by atoms with van der Waals surface area (Å²) in [6.45, 7) is 5.24. The molecule has 9 heteroatoms. The van der Waals surface area contributed by atoms with Crippen LogP contribution in [-0.2, 0) is 16.6 Å². The van der Waals surface area contributed by atoms with Crippen molar-refractivity contribution in [2.45, 2.75) is 45.7 Å². The lowest BCUT2D eigenvalue weighted by molar-refractivity contribution is 0.306. The first-order valence-electron chi connectivity index (χ1n) is 9.96. The summed E-state index contributed by atoms with van der Waals surface area (Å²) < 4.78 is 45.3. The van der Waals surface area contributed by atoms with Crippen LogP contribution in [0.3, 0.4) is 0 Å². The summed E-state index contributed by atoms with van der Waals surface area (Å²) in [6, 6.07) is 4.65. The Hall–Kier alpha value is -2.13. The van der Waals surface area contributed by atoms with Crippen molar-refractivity contribution in [1.29, 1.82) is 0 Å². The number of nitrogens with one attached hydrogen (secondary N) is 2. The zero-order chi connectivity index (χ0) is 21.0. The van der Waals surface area contributed by atoms with Gasteiger partial charge in [-0.05, 0) is 44.4 Å². The fraction of sp³-hybridized carbons (Fsp3) is 0.550. The number of halogens is 1. The van der Waals surface area contributed by atoms with Gasteiger partial charge in [-0.2, -0.15) is 0 Å². The van der Waals surface area contributed by atoms with Gasteiger partial charge in [-0.3, -0.25) is 4.99 Å². The predicted molar refractivity (Wildman–Crippen MR) is 113 cm³/mol. The van der Waals surface area contributed by atoms with Crippen LogP contribution in [0.5, 0.6) is 0 Å². The number of furan rings is 1. The Morgan fingerprint density at radius 3 is 2.72 bits per heavy atom. The quantitative estimate of drug-likeness (QED) is 0.550. The van der Waals surface area contributed by atoms with Gasteiger partial charge in [-0.15, -0.1) is 0 Å². The third-order valence-electron chi connectivity index (χ3n) is 5.29. The van der Waals surface area contributed by atoms with Crippen molar-refractivity contribution in [3.63, 3.8) is 0 Å². The number of sulfonamides is 1. The molecule has 0 bridgehead atoms. The van der Waals surface area contributed by atoms with Crippen molar-refractivity contribution in [3.8, 4) is 0 Å². The molecule has 0 aliphatic carbocycles. The molecule has 0 atom stereocenters. The molecule has 7 nitrogen and oxygen atoms in total. The number of hydrogen-bond donors (Lipinski definition) is 2. The molecule has 0 spiro atoms. The Bertz CT molecular complexity index is 979. The van der Waals surface area contributed by atoms with Gasteiger partial charge in [0.15, 0.2) is 5.96 Å². The number of rotatable bonds is 6. The van der Waals surface area contributed by atoms with Crippen LogP contribution in [0.2, 0.25) is 0 Å². The molecule has 0 amide bonds. The zero-order valence-electron chi connectivity index (χ0n) is 17.2. The first-order valence-corrected chi connectivity index (χ1v) is 11.6. The van der Waals surface area contributed by atoms with E-state index in [0.717, 1.165) is 29.6 Å². The minimum Gasteiger partial charge on any atom is -0.459 e. The SMILES string of the molecule is CCCS(=O)(=O)N1CCC(NC(=NC)NCc2oc3ccc(F)cc3c2C)CC1. The first-order chi connectivity index (χ1) is 13.8. The van der Waals surface area contributed by atoms with E-state index < -0.39 is 10.0 Å². The zero-order valence-corrected chi connectivity index (χ0v) is 18.0. The Balaban J connectivity index is 1.55. The number of benzene rings is 1. The summed E-state index contributed by atoms with van der Waals surface area (Å²) in [5, 5.41) is 7.36. The molecular formula is C20H29FN4O3S. The smallest absolute Gasteiger partial charge is 0.214 e. The van der Waals surface area contributed by atoms with E-state index in [4.69, 9.17) is 4.42 Å². The lowest BCUT2D eigenvalue weighted by atomic mass is 10.1. The third-order valence-corrected chi connectivity index (χ3v) is 7.36. The van der Waals surface area contributed by atoms with E-state index in [1.807, 2.05) is 13.8 Å². The second kappa shape index (κ2) is 9.13. The van der Waals surface area contributed by atoms with Crippen LogP contribution in [0.25, 0.3) is 11.0 Å². The number of aliphatic imine (C=N–C) groups is 1. The number of hydrogen-bond acceptors (Lipinski definition) is 4. The van der Waals surface area contributed by atoms with E-state index in [1.165, 1.54) is 12.1 Å². The molecule has 0 unspecified atom stereocenters. The number of fused-ring (bicyclic) bond motifs is 1. The Morgan fingerprint density at radius 2 is 2.07 bits per heavy atom. The first kappa shape index (κ1) is 21.6. The van der Waals surface area contributed by atoms with Gasteiger partial charge in [0.1, 0.15) is 17.2 Å². The van der Waals surface area contributed by atoms with Gasteiger partial charge >= 0.3 is 0 Å². The van der Waals surface area contributed by atoms with Gasteiger partial charge in [-0.1, -0.05) is 6.92 Å². The van der Waals surface area contributed by atoms with Crippen LogP contribution in [0, 0.1) is 12.7 Å². The number of aryl methyl sites for hydroxylation is 1. The highest BCUT2D eigenvalue weighted by Crippen LogP contribution is 2.25. The summed E-state index contributed by atoms with van der Waals surface area (Å²) in [7, 11) is -1.45. The van der Waals surface area contributed by atoms with Crippen molar-refractivity contribution in [1.82, 2.24) is 14.9 Å². The number of guanidine groups is 1. The lowest BCUT2D eigenvalue weighted by Gasteiger charge is -2.32. The highest BCUT2D eigenvalue weighted by molar-refractivity contribution is 7.89. The van der Waals surface area contributed by atoms with E-state index in [2.05, 4.69) is 15.6 Å². The van der Waals surface area contributed by atoms with Crippen LogP contribution in [0.1, 0.15) is 37.5 Å². The molecule has 0 radical (unpaired) electrons. The predicted octanol–water partition coefficient (Wildman–Crippen LogP) is 2.75. The van der Waals surface area contributed by atoms with Crippen LogP contribution in [0.15, 0.2) is 27.6 Å². The molecule has 1 saturated heterocycles. The topological polar surface area (TPSA) is 86.9 Å². The summed E-state index contributed by atoms with van der Waals surface area (Å²) in [5.41, 5.74) is 1.56. The largest absolute Gasteiger partial charge is 0.459 e. The van der Waals surface area contributed by atoms with Crippen molar-refractivity contribution in [3.05, 3.63) is 35.3 Å². The molecule has 1 fully saturated rings. The average molecular weight is 425 g/mol. The fourth-order valence-corrected chi connectivity index (χ4v) is 5.17. The number of piperidine rings is 1. The normalized spacial score (nSPS) is 17.0. The van der Waals surface area contributed by atoms with Gasteiger partial charge in [0.25, 0.3) is 0 Å². The molecule has 29 heavy (non-hydrogen) atoms. The lowest BCUT2D eigenvalue weighted by Crippen LogP contribution is -2.49. The molecular weight excluding hydrogens is 395 g/mol. The van der Waals surface area contributed by atoms with Gasteiger partial charge in [0, 0.05) is 37.1 Å². The fourth-order valence-electron chi connectivity index (χ4n) is 3.63. The van der Waals surface area contributed by atoms with Gasteiger partial charge in [-0.25, -0.2) is 17.1 Å². The summed E-state index contributed by atoms with van der Waals surface area (Å²) in [6.07, 6.45) is 2.09. The van der Waals surface area contributed by atoms with Crippen LogP contribution in [0.4, 0.5) is 4.39 Å². The molecule has 1 aliphatic rings. The highest BCUT2D eigenvalue weighted by Gasteiger charge is 2.27. The van der Waals surface area contributed by atoms with Crippen molar-refractivity contribution in [2.75, 3.05) is 25.9 Å². The van der Waals surface area contributed by atoms with Crippen LogP contribution >= 0.6 is 0 Å². The molecule has 2 N–H and O–H groups in total. The van der Waals surface area contributed by atoms with E-state index in [-0.39, 0.29) is 17.6 Å². The summed E-state index contributed by atoms with van der Waals surface area (Å²) in [4.78, 5) is 4.25. The molecule has 1 aromatic carbocycles. The Kier molecular flexibility index (Phi) is 6.79. The Labute approximate surface area is 171 Å². The second-order valence-corrected chi connectivity index (χ2v) is 9.44. The maximum atomic E-state index is 13.5. The minimum absolute atomic E-state index is 0.153. The van der Waals surface area contributed by atoms with Gasteiger partial charge < -0.3 is 15.1 Å². The molecule has 0 saturated carbocycles. The number of nitrogens with zero attached hydrogens (tertiary/aromatic N) is 2. The monoisotopic (exact) mass is 424 g/mol.